The van der Waals surface area contributed by atoms with E-state index in [2.05, 4.69) is 45.8 Å². The van der Waals surface area contributed by atoms with Crippen LogP contribution in [-0.4, -0.2) is 6.61 Å². The van der Waals surface area contributed by atoms with Crippen LogP contribution in [0, 0.1) is 0 Å². The van der Waals surface area contributed by atoms with Crippen LogP contribution in [0.3, 0.4) is 0 Å². The summed E-state index contributed by atoms with van der Waals surface area (Å²) in [5, 5.41) is 5.39. The van der Waals surface area contributed by atoms with Gasteiger partial charge in [-0.1, -0.05) is 41.0 Å². The molecule has 0 saturated carbocycles. The third-order valence-electron chi connectivity index (χ3n) is 2.49. The molecule has 88 valence electrons. The lowest BCUT2D eigenvalue weighted by Crippen LogP contribution is -2.07. The van der Waals surface area contributed by atoms with Crippen molar-refractivity contribution in [1.29, 1.82) is 0 Å². The molecular formula is C12H15BrOS2. The van der Waals surface area contributed by atoms with E-state index in [1.807, 2.05) is 0 Å². The van der Waals surface area contributed by atoms with Crippen molar-refractivity contribution in [1.82, 2.24) is 0 Å². The minimum absolute atomic E-state index is 0.00848. The molecule has 0 radical (unpaired) electrons. The zero-order valence-electron chi connectivity index (χ0n) is 9.24. The highest BCUT2D eigenvalue weighted by Gasteiger charge is 2.35. The van der Waals surface area contributed by atoms with Gasteiger partial charge in [-0.2, -0.15) is 11.3 Å². The molecule has 0 saturated heterocycles. The summed E-state index contributed by atoms with van der Waals surface area (Å²) in [6, 6.07) is 2.18. The van der Waals surface area contributed by atoms with E-state index in [0.29, 0.717) is 0 Å². The third kappa shape index (κ3) is 2.84. The van der Waals surface area contributed by atoms with Crippen molar-refractivity contribution in [3.05, 3.63) is 33.6 Å². The van der Waals surface area contributed by atoms with Crippen LogP contribution in [-0.2, 0) is 8.39 Å². The fraction of sp³-hybridized carbons (Fsp3) is 0.500. The molecule has 0 aliphatic carbocycles. The fourth-order valence-electron chi connectivity index (χ4n) is 1.52. The zero-order chi connectivity index (χ0) is 11.4. The highest BCUT2D eigenvalue weighted by molar-refractivity contribution is 9.11. The number of allylic oxidation sites excluding steroid dienone is 1. The van der Waals surface area contributed by atoms with Crippen molar-refractivity contribution in [2.24, 2.45) is 0 Å². The van der Waals surface area contributed by atoms with E-state index < -0.39 is 0 Å². The number of rotatable bonds is 5. The van der Waals surface area contributed by atoms with Crippen molar-refractivity contribution in [2.75, 3.05) is 6.61 Å². The molecule has 1 aromatic heterocycles. The average molecular weight is 319 g/mol. The van der Waals surface area contributed by atoms with Gasteiger partial charge in [-0.3, -0.25) is 0 Å². The predicted octanol–water partition coefficient (Wildman–Crippen LogP) is 5.09. The van der Waals surface area contributed by atoms with E-state index in [9.17, 15) is 0 Å². The van der Waals surface area contributed by atoms with Crippen molar-refractivity contribution >= 4 is 39.0 Å². The van der Waals surface area contributed by atoms with E-state index in [1.54, 1.807) is 23.1 Å². The van der Waals surface area contributed by atoms with Crippen LogP contribution < -0.4 is 0 Å². The van der Waals surface area contributed by atoms with Gasteiger partial charge in [0.15, 0.2) is 5.09 Å². The molecule has 1 aliphatic rings. The topological polar surface area (TPSA) is 9.23 Å². The molecular weight excluding hydrogens is 304 g/mol. The van der Waals surface area contributed by atoms with Gasteiger partial charge in [-0.25, -0.2) is 0 Å². The van der Waals surface area contributed by atoms with Gasteiger partial charge in [0.1, 0.15) is 3.66 Å². The second-order valence-electron chi connectivity index (χ2n) is 3.77. The van der Waals surface area contributed by atoms with Gasteiger partial charge in [0.05, 0.1) is 6.61 Å². The second kappa shape index (κ2) is 5.61. The lowest BCUT2D eigenvalue weighted by Gasteiger charge is -2.19. The Bertz CT molecular complexity index is 361. The first-order chi connectivity index (χ1) is 7.74. The molecule has 1 nitrogen and oxygen atoms in total. The monoisotopic (exact) mass is 318 g/mol. The molecule has 0 fully saturated rings. The fourth-order valence-corrected chi connectivity index (χ4v) is 4.40. The maximum absolute atomic E-state index is 5.73. The minimum Gasteiger partial charge on any atom is -0.488 e. The Morgan fingerprint density at radius 1 is 1.56 bits per heavy atom. The lowest BCUT2D eigenvalue weighted by atomic mass is 10.2. The molecule has 4 heteroatoms. The van der Waals surface area contributed by atoms with E-state index in [4.69, 9.17) is 4.74 Å². The van der Waals surface area contributed by atoms with E-state index >= 15 is 0 Å². The van der Waals surface area contributed by atoms with Crippen molar-refractivity contribution in [2.45, 2.75) is 29.8 Å². The Kier molecular flexibility index (Phi) is 4.39. The first-order valence-corrected chi connectivity index (χ1v) is 8.03. The molecule has 16 heavy (non-hydrogen) atoms. The number of unbranched alkanes of at least 4 members (excludes halogenated alkanes) is 1. The number of hydrogen-bond donors (Lipinski definition) is 0. The number of halogens is 1. The van der Waals surface area contributed by atoms with Gasteiger partial charge in [0.25, 0.3) is 0 Å². The van der Waals surface area contributed by atoms with Crippen molar-refractivity contribution in [3.63, 3.8) is 0 Å². The van der Waals surface area contributed by atoms with Crippen LogP contribution >= 0.6 is 39.0 Å². The van der Waals surface area contributed by atoms with Gasteiger partial charge >= 0.3 is 0 Å². The Balaban J connectivity index is 1.90. The van der Waals surface area contributed by atoms with Crippen LogP contribution in [0.15, 0.2) is 28.0 Å². The molecule has 0 aromatic carbocycles. The first-order valence-electron chi connectivity index (χ1n) is 5.48. The summed E-state index contributed by atoms with van der Waals surface area (Å²) in [5.74, 6) is 0. The normalized spacial score (nSPS) is 24.5. The van der Waals surface area contributed by atoms with Crippen LogP contribution in [0.1, 0.15) is 31.7 Å². The molecule has 1 aromatic rings. The SMILES string of the molecule is CCCCOC1=CCC(Br)(c2ccsc2)S1. The predicted molar refractivity (Wildman–Crippen MR) is 76.1 cm³/mol. The Morgan fingerprint density at radius 2 is 2.44 bits per heavy atom. The van der Waals surface area contributed by atoms with Gasteiger partial charge < -0.3 is 4.74 Å². The molecule has 2 rings (SSSR count). The van der Waals surface area contributed by atoms with Gasteiger partial charge in [-0.05, 0) is 41.3 Å². The van der Waals surface area contributed by atoms with Gasteiger partial charge in [0.2, 0.25) is 0 Å². The summed E-state index contributed by atoms with van der Waals surface area (Å²) in [6.07, 6.45) is 5.50. The first kappa shape index (κ1) is 12.5. The summed E-state index contributed by atoms with van der Waals surface area (Å²) >= 11 is 7.34. The average Bonchev–Trinajstić information content (AvgIpc) is 2.89. The number of ether oxygens (including phenoxy) is 1. The number of thiophene rings is 1. The van der Waals surface area contributed by atoms with Gasteiger partial charge in [-0.15, -0.1) is 0 Å². The molecule has 0 spiro atoms. The summed E-state index contributed by atoms with van der Waals surface area (Å²) < 4.78 is 5.74. The Morgan fingerprint density at radius 3 is 3.12 bits per heavy atom. The number of hydrogen-bond acceptors (Lipinski definition) is 3. The maximum atomic E-state index is 5.73. The minimum atomic E-state index is 0.00848. The van der Waals surface area contributed by atoms with E-state index in [-0.39, 0.29) is 3.66 Å². The highest BCUT2D eigenvalue weighted by Crippen LogP contribution is 2.54. The second-order valence-corrected chi connectivity index (χ2v) is 7.73. The molecule has 1 atom stereocenters. The molecule has 0 N–H and O–H groups in total. The zero-order valence-corrected chi connectivity index (χ0v) is 12.5. The molecule has 0 bridgehead atoms. The maximum Gasteiger partial charge on any atom is 0.151 e. The highest BCUT2D eigenvalue weighted by atomic mass is 79.9. The van der Waals surface area contributed by atoms with Crippen molar-refractivity contribution < 1.29 is 4.74 Å². The molecule has 2 heterocycles. The Labute approximate surface area is 113 Å². The summed E-state index contributed by atoms with van der Waals surface area (Å²) in [6.45, 7) is 3.02. The third-order valence-corrected chi connectivity index (χ3v) is 5.65. The molecule has 1 unspecified atom stereocenters. The van der Waals surface area contributed by atoms with Gasteiger partial charge in [0, 0.05) is 0 Å². The summed E-state index contributed by atoms with van der Waals surface area (Å²) in [7, 11) is 0. The largest absolute Gasteiger partial charge is 0.488 e. The number of alkyl halides is 1. The van der Waals surface area contributed by atoms with E-state index in [1.165, 1.54) is 12.0 Å². The van der Waals surface area contributed by atoms with Crippen LogP contribution in [0.4, 0.5) is 0 Å². The molecule has 1 aliphatic heterocycles. The summed E-state index contributed by atoms with van der Waals surface area (Å²) in [4.78, 5) is 0. The van der Waals surface area contributed by atoms with Crippen molar-refractivity contribution in [3.8, 4) is 0 Å². The lowest BCUT2D eigenvalue weighted by molar-refractivity contribution is 0.233. The molecule has 0 amide bonds. The standard InChI is InChI=1S/C12H15BrOS2/c1-2-3-7-14-11-4-6-12(13,16-11)10-5-8-15-9-10/h4-5,8-9H,2-3,6-7H2,1H3. The smallest absolute Gasteiger partial charge is 0.151 e. The van der Waals surface area contributed by atoms with Crippen LogP contribution in [0.5, 0.6) is 0 Å². The quantitative estimate of drug-likeness (QED) is 0.552. The Hall–Kier alpha value is 0.0700. The van der Waals surface area contributed by atoms with E-state index in [0.717, 1.165) is 24.5 Å². The number of thioether (sulfide) groups is 1. The van der Waals surface area contributed by atoms with Crippen LogP contribution in [0.25, 0.3) is 0 Å². The van der Waals surface area contributed by atoms with Crippen LogP contribution in [0.2, 0.25) is 0 Å². The summed E-state index contributed by atoms with van der Waals surface area (Å²) in [5.41, 5.74) is 1.34.